The van der Waals surface area contributed by atoms with Crippen LogP contribution in [0.1, 0.15) is 23.6 Å². The molecule has 2 heteroatoms. The summed E-state index contributed by atoms with van der Waals surface area (Å²) >= 11 is 0. The number of benzene rings is 3. The highest BCUT2D eigenvalue weighted by atomic mass is 15.1. The zero-order valence-corrected chi connectivity index (χ0v) is 15.1. The van der Waals surface area contributed by atoms with Crippen molar-refractivity contribution in [3.63, 3.8) is 0 Å². The van der Waals surface area contributed by atoms with Crippen molar-refractivity contribution >= 4 is 22.1 Å². The quantitative estimate of drug-likeness (QED) is 0.666. The molecule has 0 saturated heterocycles. The number of hydrogen-bond donors (Lipinski definition) is 1. The summed E-state index contributed by atoms with van der Waals surface area (Å²) in [4.78, 5) is 2.44. The Bertz CT molecular complexity index is 834. The number of nitrogens with zero attached hydrogens (tertiary/aromatic N) is 1. The van der Waals surface area contributed by atoms with Gasteiger partial charge < -0.3 is 10.2 Å². The number of anilines is 2. The van der Waals surface area contributed by atoms with Crippen LogP contribution in [0.5, 0.6) is 0 Å². The van der Waals surface area contributed by atoms with Crippen LogP contribution < -0.4 is 10.2 Å². The summed E-state index contributed by atoms with van der Waals surface area (Å²) in [7, 11) is 1.96. The van der Waals surface area contributed by atoms with Crippen LogP contribution in [0.15, 0.2) is 54.6 Å². The second kappa shape index (κ2) is 6.96. The molecule has 0 unspecified atom stereocenters. The molecule has 24 heavy (non-hydrogen) atoms. The minimum Gasteiger partial charge on any atom is -0.388 e. The molecule has 0 atom stereocenters. The second-order valence-corrected chi connectivity index (χ2v) is 6.40. The van der Waals surface area contributed by atoms with Crippen LogP contribution in [0.4, 0.5) is 11.4 Å². The lowest BCUT2D eigenvalue weighted by atomic mass is 9.98. The normalized spacial score (nSPS) is 10.8. The Balaban J connectivity index is 2.01. The Labute approximate surface area is 145 Å². The zero-order valence-electron chi connectivity index (χ0n) is 15.1. The third-order valence-electron chi connectivity index (χ3n) is 4.78. The average molecular weight is 318 g/mol. The van der Waals surface area contributed by atoms with E-state index in [0.717, 1.165) is 18.8 Å². The van der Waals surface area contributed by atoms with E-state index >= 15 is 0 Å². The number of nitrogens with one attached hydrogen (secondary N) is 1. The SMILES string of the molecule is CCN(Cc1c(C)ccc2cc(NC)ccc12)c1ccc(C)cc1. The summed E-state index contributed by atoms with van der Waals surface area (Å²) in [5, 5.41) is 5.87. The Morgan fingerprint density at radius 3 is 2.33 bits per heavy atom. The summed E-state index contributed by atoms with van der Waals surface area (Å²) in [6, 6.07) is 19.9. The lowest BCUT2D eigenvalue weighted by molar-refractivity contribution is 0.832. The van der Waals surface area contributed by atoms with E-state index < -0.39 is 0 Å². The molecule has 0 bridgehead atoms. The first-order valence-corrected chi connectivity index (χ1v) is 8.64. The van der Waals surface area contributed by atoms with Crippen LogP contribution in [0.2, 0.25) is 0 Å². The summed E-state index contributed by atoms with van der Waals surface area (Å²) in [5.74, 6) is 0. The summed E-state index contributed by atoms with van der Waals surface area (Å²) in [6.07, 6.45) is 0. The fourth-order valence-corrected chi connectivity index (χ4v) is 3.20. The van der Waals surface area contributed by atoms with Crippen molar-refractivity contribution in [3.8, 4) is 0 Å². The van der Waals surface area contributed by atoms with Crippen molar-refractivity contribution in [2.45, 2.75) is 27.3 Å². The summed E-state index contributed by atoms with van der Waals surface area (Å²) in [6.45, 7) is 8.49. The van der Waals surface area contributed by atoms with Crippen molar-refractivity contribution in [1.29, 1.82) is 0 Å². The molecule has 0 heterocycles. The molecule has 1 N–H and O–H groups in total. The minimum atomic E-state index is 0.932. The Morgan fingerprint density at radius 1 is 0.917 bits per heavy atom. The van der Waals surface area contributed by atoms with E-state index in [1.165, 1.54) is 33.2 Å². The smallest absolute Gasteiger partial charge is 0.0438 e. The predicted octanol–water partition coefficient (Wildman–Crippen LogP) is 5.52. The first-order valence-electron chi connectivity index (χ1n) is 8.64. The first kappa shape index (κ1) is 16.4. The van der Waals surface area contributed by atoms with E-state index in [1.807, 2.05) is 7.05 Å². The van der Waals surface area contributed by atoms with Gasteiger partial charge in [0.1, 0.15) is 0 Å². The topological polar surface area (TPSA) is 15.3 Å². The third kappa shape index (κ3) is 3.23. The molecule has 2 nitrogen and oxygen atoms in total. The van der Waals surface area contributed by atoms with Gasteiger partial charge in [-0.2, -0.15) is 0 Å². The maximum Gasteiger partial charge on any atom is 0.0438 e. The summed E-state index contributed by atoms with van der Waals surface area (Å²) < 4.78 is 0. The molecular formula is C22H26N2. The molecule has 0 amide bonds. The largest absolute Gasteiger partial charge is 0.388 e. The third-order valence-corrected chi connectivity index (χ3v) is 4.78. The maximum absolute atomic E-state index is 3.23. The van der Waals surface area contributed by atoms with E-state index in [4.69, 9.17) is 0 Å². The first-order chi connectivity index (χ1) is 11.6. The van der Waals surface area contributed by atoms with E-state index in [1.54, 1.807) is 0 Å². The molecule has 0 aliphatic rings. The molecule has 0 aliphatic carbocycles. The van der Waals surface area contributed by atoms with Gasteiger partial charge in [0.15, 0.2) is 0 Å². The van der Waals surface area contributed by atoms with E-state index in [9.17, 15) is 0 Å². The summed E-state index contributed by atoms with van der Waals surface area (Å²) in [5.41, 5.74) is 6.51. The molecule has 3 rings (SSSR count). The van der Waals surface area contributed by atoms with Crippen LogP contribution >= 0.6 is 0 Å². The van der Waals surface area contributed by atoms with Gasteiger partial charge in [0.25, 0.3) is 0 Å². The lowest BCUT2D eigenvalue weighted by Crippen LogP contribution is -2.22. The van der Waals surface area contributed by atoms with Crippen LogP contribution in [-0.2, 0) is 6.54 Å². The lowest BCUT2D eigenvalue weighted by Gasteiger charge is -2.25. The van der Waals surface area contributed by atoms with Gasteiger partial charge in [0.05, 0.1) is 0 Å². The van der Waals surface area contributed by atoms with E-state index in [-0.39, 0.29) is 0 Å². The molecule has 0 fully saturated rings. The van der Waals surface area contributed by atoms with Gasteiger partial charge >= 0.3 is 0 Å². The van der Waals surface area contributed by atoms with Gasteiger partial charge in [-0.1, -0.05) is 35.9 Å². The maximum atomic E-state index is 3.23. The molecule has 0 aromatic heterocycles. The van der Waals surface area contributed by atoms with Crippen LogP contribution in [0.3, 0.4) is 0 Å². The minimum absolute atomic E-state index is 0.932. The molecule has 0 saturated carbocycles. The fourth-order valence-electron chi connectivity index (χ4n) is 3.20. The van der Waals surface area contributed by atoms with Crippen LogP contribution in [0, 0.1) is 13.8 Å². The van der Waals surface area contributed by atoms with Gasteiger partial charge in [0, 0.05) is 31.5 Å². The fraction of sp³-hybridized carbons (Fsp3) is 0.273. The van der Waals surface area contributed by atoms with Crippen molar-refractivity contribution in [1.82, 2.24) is 0 Å². The highest BCUT2D eigenvalue weighted by Crippen LogP contribution is 2.28. The highest BCUT2D eigenvalue weighted by molar-refractivity contribution is 5.89. The van der Waals surface area contributed by atoms with Crippen LogP contribution in [-0.4, -0.2) is 13.6 Å². The highest BCUT2D eigenvalue weighted by Gasteiger charge is 2.11. The predicted molar refractivity (Wildman–Crippen MR) is 106 cm³/mol. The molecule has 0 spiro atoms. The van der Waals surface area contributed by atoms with Gasteiger partial charge in [-0.15, -0.1) is 0 Å². The van der Waals surface area contributed by atoms with Gasteiger partial charge in [-0.05, 0) is 66.9 Å². The molecule has 3 aromatic carbocycles. The molecular weight excluding hydrogens is 292 g/mol. The number of hydrogen-bond acceptors (Lipinski definition) is 2. The Morgan fingerprint density at radius 2 is 1.67 bits per heavy atom. The molecule has 0 aliphatic heterocycles. The van der Waals surface area contributed by atoms with E-state index in [0.29, 0.717) is 0 Å². The van der Waals surface area contributed by atoms with Gasteiger partial charge in [-0.25, -0.2) is 0 Å². The Hall–Kier alpha value is -2.48. The Kier molecular flexibility index (Phi) is 4.75. The average Bonchev–Trinajstić information content (AvgIpc) is 2.61. The van der Waals surface area contributed by atoms with Crippen molar-refractivity contribution in [3.05, 3.63) is 71.3 Å². The molecule has 0 radical (unpaired) electrons. The number of fused-ring (bicyclic) bond motifs is 1. The van der Waals surface area contributed by atoms with Crippen LogP contribution in [0.25, 0.3) is 10.8 Å². The van der Waals surface area contributed by atoms with Gasteiger partial charge in [-0.3, -0.25) is 0 Å². The zero-order chi connectivity index (χ0) is 17.1. The van der Waals surface area contributed by atoms with Gasteiger partial charge in [0.2, 0.25) is 0 Å². The van der Waals surface area contributed by atoms with Crippen molar-refractivity contribution < 1.29 is 0 Å². The van der Waals surface area contributed by atoms with E-state index in [2.05, 4.69) is 85.6 Å². The van der Waals surface area contributed by atoms with Crippen molar-refractivity contribution in [2.75, 3.05) is 23.8 Å². The standard InChI is InChI=1S/C22H26N2/c1-5-24(20-11-6-16(2)7-12-20)15-22-17(3)8-9-18-14-19(23-4)10-13-21(18)22/h6-14,23H,5,15H2,1-4H3. The number of aryl methyl sites for hydroxylation is 2. The van der Waals surface area contributed by atoms with Crippen molar-refractivity contribution in [2.24, 2.45) is 0 Å². The molecule has 3 aromatic rings. The second-order valence-electron chi connectivity index (χ2n) is 6.40. The number of rotatable bonds is 5. The monoisotopic (exact) mass is 318 g/mol. The molecule has 124 valence electrons.